The molecule has 6 rings (SSSR count). The normalized spacial score (nSPS) is 9.89. The van der Waals surface area contributed by atoms with E-state index in [1.165, 1.54) is 25.0 Å². The molecule has 6 aromatic rings. The van der Waals surface area contributed by atoms with Gasteiger partial charge in [0.05, 0.1) is 21.9 Å². The molecule has 0 saturated carbocycles. The van der Waals surface area contributed by atoms with Crippen molar-refractivity contribution in [1.82, 2.24) is 4.98 Å². The lowest BCUT2D eigenvalue weighted by Gasteiger charge is -2.04. The van der Waals surface area contributed by atoms with Crippen molar-refractivity contribution >= 4 is 67.8 Å². The molecule has 0 aliphatic heterocycles. The van der Waals surface area contributed by atoms with Gasteiger partial charge >= 0.3 is 0 Å². The van der Waals surface area contributed by atoms with Crippen LogP contribution in [0, 0.1) is 0 Å². The van der Waals surface area contributed by atoms with Crippen LogP contribution in [0.5, 0.6) is 0 Å². The van der Waals surface area contributed by atoms with E-state index in [1.54, 1.807) is 103 Å². The lowest BCUT2D eigenvalue weighted by molar-refractivity contribution is 0.0993. The molecule has 0 bridgehead atoms. The predicted octanol–water partition coefficient (Wildman–Crippen LogP) is 6.91. The van der Waals surface area contributed by atoms with Crippen molar-refractivity contribution < 1.29 is 23.2 Å². The molecule has 0 spiro atoms. The topological polar surface area (TPSA) is 205 Å². The van der Waals surface area contributed by atoms with Gasteiger partial charge in [0.25, 0.3) is 17.7 Å². The second-order valence-electron chi connectivity index (χ2n) is 9.61. The maximum Gasteiger partial charge on any atom is 0.291 e. The van der Waals surface area contributed by atoms with Crippen molar-refractivity contribution in [3.8, 4) is 0 Å². The van der Waals surface area contributed by atoms with Crippen LogP contribution in [-0.2, 0) is 0 Å². The zero-order valence-electron chi connectivity index (χ0n) is 24.7. The minimum atomic E-state index is -0.296. The first kappa shape index (κ1) is 33.6. The second kappa shape index (κ2) is 16.7. The summed E-state index contributed by atoms with van der Waals surface area (Å²) in [7, 11) is 0. The van der Waals surface area contributed by atoms with Crippen molar-refractivity contribution in [2.75, 3.05) is 33.2 Å². The SMILES string of the molecule is Nc1ccc(NC(=O)c2cc(Br)co2)cc1.Nc1ccc(NC(=O)c2cccnc2)cc1.Nc1ccc(NC(=O)c2ccoc2)cc1. The number of rotatable bonds is 6. The zero-order valence-corrected chi connectivity index (χ0v) is 26.3. The van der Waals surface area contributed by atoms with Crippen LogP contribution >= 0.6 is 15.9 Å². The first-order chi connectivity index (χ1) is 22.7. The molecular formula is C34H30BrN7O5. The van der Waals surface area contributed by atoms with Gasteiger partial charge in [-0.3, -0.25) is 19.4 Å². The summed E-state index contributed by atoms with van der Waals surface area (Å²) in [5.41, 5.74) is 21.7. The highest BCUT2D eigenvalue weighted by atomic mass is 79.9. The lowest BCUT2D eigenvalue weighted by atomic mass is 10.2. The number of nitrogen functional groups attached to an aromatic ring is 3. The average molecular weight is 697 g/mol. The Kier molecular flexibility index (Phi) is 11.9. The summed E-state index contributed by atoms with van der Waals surface area (Å²) in [5.74, 6) is -0.425. The number of nitrogens with one attached hydrogen (secondary N) is 3. The fourth-order valence-electron chi connectivity index (χ4n) is 3.62. The number of anilines is 6. The minimum Gasteiger partial charge on any atom is -0.472 e. The van der Waals surface area contributed by atoms with Crippen molar-refractivity contribution in [3.63, 3.8) is 0 Å². The molecule has 3 heterocycles. The fraction of sp³-hybridized carbons (Fsp3) is 0. The van der Waals surface area contributed by atoms with E-state index in [0.717, 1.165) is 4.47 Å². The maximum atomic E-state index is 11.7. The van der Waals surface area contributed by atoms with Gasteiger partial charge < -0.3 is 42.0 Å². The lowest BCUT2D eigenvalue weighted by Crippen LogP contribution is -2.11. The molecule has 0 fully saturated rings. The van der Waals surface area contributed by atoms with Crippen LogP contribution in [0.2, 0.25) is 0 Å². The Hall–Kier alpha value is -6.34. The molecule has 12 nitrogen and oxygen atoms in total. The van der Waals surface area contributed by atoms with E-state index in [2.05, 4.69) is 36.9 Å². The Bertz CT molecular complexity index is 1880. The monoisotopic (exact) mass is 695 g/mol. The van der Waals surface area contributed by atoms with E-state index in [-0.39, 0.29) is 23.5 Å². The molecule has 0 aliphatic rings. The number of amides is 3. The Morgan fingerprint density at radius 1 is 0.617 bits per heavy atom. The average Bonchev–Trinajstić information content (AvgIpc) is 3.78. The molecule has 9 N–H and O–H groups in total. The third-order valence-electron chi connectivity index (χ3n) is 6.00. The third kappa shape index (κ3) is 11.0. The van der Waals surface area contributed by atoms with E-state index in [4.69, 9.17) is 26.0 Å². The number of hydrogen-bond donors (Lipinski definition) is 6. The van der Waals surface area contributed by atoms with Crippen molar-refractivity contribution in [1.29, 1.82) is 0 Å². The molecule has 0 saturated heterocycles. The third-order valence-corrected chi connectivity index (χ3v) is 6.42. The molecule has 47 heavy (non-hydrogen) atoms. The van der Waals surface area contributed by atoms with Gasteiger partial charge in [-0.15, -0.1) is 0 Å². The smallest absolute Gasteiger partial charge is 0.291 e. The van der Waals surface area contributed by atoms with Gasteiger partial charge in [0.2, 0.25) is 0 Å². The van der Waals surface area contributed by atoms with Gasteiger partial charge in [0, 0.05) is 52.6 Å². The summed E-state index contributed by atoms with van der Waals surface area (Å²) in [5, 5.41) is 8.16. The van der Waals surface area contributed by atoms with Gasteiger partial charge in [-0.05, 0) is 107 Å². The number of furan rings is 2. The molecule has 0 atom stereocenters. The van der Waals surface area contributed by atoms with Crippen LogP contribution in [0.1, 0.15) is 31.3 Å². The summed E-state index contributed by atoms with van der Waals surface area (Å²) in [6, 6.07) is 27.4. The van der Waals surface area contributed by atoms with Crippen molar-refractivity contribution in [2.45, 2.75) is 0 Å². The number of pyridine rings is 1. The molecule has 0 unspecified atom stereocenters. The summed E-state index contributed by atoms with van der Waals surface area (Å²) < 4.78 is 10.6. The van der Waals surface area contributed by atoms with E-state index in [1.807, 2.05) is 0 Å². The Morgan fingerprint density at radius 2 is 1.11 bits per heavy atom. The minimum absolute atomic E-state index is 0.183. The first-order valence-corrected chi connectivity index (χ1v) is 14.6. The summed E-state index contributed by atoms with van der Waals surface area (Å²) in [6.07, 6.45) is 7.45. The van der Waals surface area contributed by atoms with Crippen LogP contribution in [-0.4, -0.2) is 22.7 Å². The van der Waals surface area contributed by atoms with Gasteiger partial charge in [-0.2, -0.15) is 0 Å². The highest BCUT2D eigenvalue weighted by molar-refractivity contribution is 9.10. The molecule has 3 amide bonds. The second-order valence-corrected chi connectivity index (χ2v) is 10.5. The fourth-order valence-corrected chi connectivity index (χ4v) is 3.92. The first-order valence-electron chi connectivity index (χ1n) is 13.8. The van der Waals surface area contributed by atoms with Gasteiger partial charge in [-0.25, -0.2) is 0 Å². The molecule has 13 heteroatoms. The highest BCUT2D eigenvalue weighted by Crippen LogP contribution is 2.17. The van der Waals surface area contributed by atoms with Gasteiger partial charge in [0.15, 0.2) is 5.76 Å². The van der Waals surface area contributed by atoms with E-state index >= 15 is 0 Å². The number of nitrogens with zero attached hydrogens (tertiary/aromatic N) is 1. The molecule has 3 aromatic carbocycles. The van der Waals surface area contributed by atoms with Crippen LogP contribution in [0.4, 0.5) is 34.1 Å². The van der Waals surface area contributed by atoms with Crippen LogP contribution < -0.4 is 33.2 Å². The Balaban J connectivity index is 0.000000160. The summed E-state index contributed by atoms with van der Waals surface area (Å²) in [4.78, 5) is 38.8. The quantitative estimate of drug-likeness (QED) is 0.100. The largest absolute Gasteiger partial charge is 0.472 e. The van der Waals surface area contributed by atoms with Gasteiger partial charge in [-0.1, -0.05) is 0 Å². The van der Waals surface area contributed by atoms with Gasteiger partial charge in [0.1, 0.15) is 12.5 Å². The molecule has 3 aromatic heterocycles. The molecule has 0 radical (unpaired) electrons. The van der Waals surface area contributed by atoms with Crippen LogP contribution in [0.15, 0.2) is 142 Å². The van der Waals surface area contributed by atoms with Crippen LogP contribution in [0.3, 0.4) is 0 Å². The van der Waals surface area contributed by atoms with Crippen LogP contribution in [0.25, 0.3) is 0 Å². The number of benzene rings is 3. The van der Waals surface area contributed by atoms with E-state index in [9.17, 15) is 14.4 Å². The number of hydrogen-bond acceptors (Lipinski definition) is 9. The van der Waals surface area contributed by atoms with E-state index in [0.29, 0.717) is 45.3 Å². The maximum absolute atomic E-state index is 11.7. The summed E-state index contributed by atoms with van der Waals surface area (Å²) in [6.45, 7) is 0. The number of halogens is 1. The Morgan fingerprint density at radius 3 is 1.51 bits per heavy atom. The number of carbonyl (C=O) groups is 3. The highest BCUT2D eigenvalue weighted by Gasteiger charge is 2.10. The van der Waals surface area contributed by atoms with Crippen molar-refractivity contribution in [3.05, 3.63) is 150 Å². The summed E-state index contributed by atoms with van der Waals surface area (Å²) >= 11 is 3.21. The Labute approximate surface area is 278 Å². The van der Waals surface area contributed by atoms with Crippen molar-refractivity contribution in [2.24, 2.45) is 0 Å². The standard InChI is InChI=1S/C12H11N3O.C11H9BrN2O2.C11H10N2O2/c13-10-3-5-11(6-4-10)15-12(16)9-2-1-7-14-8-9;12-7-5-10(16-6-7)11(15)14-9-3-1-8(13)2-4-9;12-9-1-3-10(4-2-9)13-11(14)8-5-6-15-7-8/h1-8H,13H2,(H,15,16);1-6H,13H2,(H,14,15);1-7H,12H2,(H,13,14). The zero-order chi connectivity index (χ0) is 33.6. The predicted molar refractivity (Wildman–Crippen MR) is 186 cm³/mol. The number of carbonyl (C=O) groups excluding carboxylic acids is 3. The van der Waals surface area contributed by atoms with E-state index < -0.39 is 0 Å². The molecule has 238 valence electrons. The number of aromatic nitrogens is 1. The number of nitrogens with two attached hydrogens (primary N) is 3. The molecular weight excluding hydrogens is 666 g/mol. The molecule has 0 aliphatic carbocycles.